The molecule has 5 heteroatoms. The summed E-state index contributed by atoms with van der Waals surface area (Å²) in [7, 11) is 0. The first-order valence-electron chi connectivity index (χ1n) is 6.87. The van der Waals surface area contributed by atoms with E-state index < -0.39 is 0 Å². The van der Waals surface area contributed by atoms with Crippen LogP contribution in [-0.2, 0) is 0 Å². The van der Waals surface area contributed by atoms with Gasteiger partial charge in [-0.3, -0.25) is 4.79 Å². The number of carbonyl (C=O) groups excluding carboxylic acids is 1. The zero-order valence-electron chi connectivity index (χ0n) is 12.1. The molecule has 0 unspecified atom stereocenters. The third-order valence-electron chi connectivity index (χ3n) is 2.45. The lowest BCUT2D eigenvalue weighted by Gasteiger charge is -2.11. The summed E-state index contributed by atoms with van der Waals surface area (Å²) in [5.74, 6) is 2.41. The van der Waals surface area contributed by atoms with E-state index >= 15 is 0 Å². The number of hydrogen-bond donors (Lipinski definition) is 2. The number of rotatable bonds is 9. The maximum Gasteiger partial charge on any atom is 0.251 e. The first kappa shape index (κ1) is 16.9. The number of aliphatic hydroxyl groups excluding tert-OH is 1. The van der Waals surface area contributed by atoms with Crippen LogP contribution >= 0.6 is 11.8 Å². The lowest BCUT2D eigenvalue weighted by molar-refractivity contribution is 0.0955. The standard InChI is InChI=1S/C15H23NO3S/c1-12(2)19-14-6-3-5-13(11-14)15(18)16-7-10-20-9-4-8-17/h3,5-6,11-12,17H,4,7-10H2,1-2H3,(H,16,18). The monoisotopic (exact) mass is 297 g/mol. The van der Waals surface area contributed by atoms with E-state index in [2.05, 4.69) is 5.32 Å². The maximum atomic E-state index is 12.0. The van der Waals surface area contributed by atoms with Gasteiger partial charge in [-0.2, -0.15) is 11.8 Å². The van der Waals surface area contributed by atoms with Crippen molar-refractivity contribution in [1.29, 1.82) is 0 Å². The molecule has 1 aromatic rings. The van der Waals surface area contributed by atoms with Gasteiger partial charge in [-0.05, 0) is 44.2 Å². The van der Waals surface area contributed by atoms with Gasteiger partial charge < -0.3 is 15.2 Å². The summed E-state index contributed by atoms with van der Waals surface area (Å²) in [5.41, 5.74) is 0.614. The Balaban J connectivity index is 2.35. The zero-order chi connectivity index (χ0) is 14.8. The van der Waals surface area contributed by atoms with Gasteiger partial charge in [-0.15, -0.1) is 0 Å². The molecule has 0 heterocycles. The van der Waals surface area contributed by atoms with Crippen molar-refractivity contribution in [3.05, 3.63) is 29.8 Å². The molecule has 20 heavy (non-hydrogen) atoms. The summed E-state index contributed by atoms with van der Waals surface area (Å²) in [6, 6.07) is 7.21. The molecule has 0 saturated carbocycles. The normalized spacial score (nSPS) is 10.6. The molecule has 1 amide bonds. The minimum absolute atomic E-state index is 0.0815. The summed E-state index contributed by atoms with van der Waals surface area (Å²) in [6.07, 6.45) is 0.893. The Morgan fingerprint density at radius 3 is 2.90 bits per heavy atom. The van der Waals surface area contributed by atoms with Gasteiger partial charge in [0.1, 0.15) is 5.75 Å². The topological polar surface area (TPSA) is 58.6 Å². The average molecular weight is 297 g/mol. The fraction of sp³-hybridized carbons (Fsp3) is 0.533. The molecule has 0 aromatic heterocycles. The van der Waals surface area contributed by atoms with Crippen molar-refractivity contribution < 1.29 is 14.6 Å². The third-order valence-corrected chi connectivity index (χ3v) is 3.52. The van der Waals surface area contributed by atoms with E-state index in [1.165, 1.54) is 0 Å². The molecule has 112 valence electrons. The van der Waals surface area contributed by atoms with Crippen molar-refractivity contribution in [2.75, 3.05) is 24.7 Å². The fourth-order valence-corrected chi connectivity index (χ4v) is 2.37. The number of benzene rings is 1. The highest BCUT2D eigenvalue weighted by Crippen LogP contribution is 2.14. The van der Waals surface area contributed by atoms with E-state index in [4.69, 9.17) is 9.84 Å². The van der Waals surface area contributed by atoms with E-state index in [1.54, 1.807) is 23.9 Å². The number of ether oxygens (including phenoxy) is 1. The minimum atomic E-state index is -0.0815. The molecule has 0 atom stereocenters. The summed E-state index contributed by atoms with van der Waals surface area (Å²) < 4.78 is 5.57. The number of aliphatic hydroxyl groups is 1. The highest BCUT2D eigenvalue weighted by atomic mass is 32.2. The van der Waals surface area contributed by atoms with E-state index in [0.29, 0.717) is 17.9 Å². The second-order valence-corrected chi connectivity index (χ2v) is 5.86. The third kappa shape index (κ3) is 6.82. The molecule has 0 fully saturated rings. The van der Waals surface area contributed by atoms with E-state index in [0.717, 1.165) is 17.9 Å². The van der Waals surface area contributed by atoms with E-state index in [1.807, 2.05) is 26.0 Å². The average Bonchev–Trinajstić information content (AvgIpc) is 2.42. The van der Waals surface area contributed by atoms with Crippen LogP contribution in [0.5, 0.6) is 5.75 Å². The maximum absolute atomic E-state index is 12.0. The number of nitrogens with one attached hydrogen (secondary N) is 1. The van der Waals surface area contributed by atoms with Crippen LogP contribution in [-0.4, -0.2) is 41.8 Å². The van der Waals surface area contributed by atoms with Crippen molar-refractivity contribution in [3.63, 3.8) is 0 Å². The molecule has 2 N–H and O–H groups in total. The van der Waals surface area contributed by atoms with Crippen molar-refractivity contribution in [1.82, 2.24) is 5.32 Å². The van der Waals surface area contributed by atoms with Gasteiger partial charge in [0.25, 0.3) is 5.91 Å². The van der Waals surface area contributed by atoms with E-state index in [9.17, 15) is 4.79 Å². The quantitative estimate of drug-likeness (QED) is 0.687. The Morgan fingerprint density at radius 1 is 1.40 bits per heavy atom. The highest BCUT2D eigenvalue weighted by molar-refractivity contribution is 7.99. The lowest BCUT2D eigenvalue weighted by atomic mass is 10.2. The van der Waals surface area contributed by atoms with Crippen molar-refractivity contribution in [3.8, 4) is 5.75 Å². The molecule has 4 nitrogen and oxygen atoms in total. The first-order valence-corrected chi connectivity index (χ1v) is 8.02. The number of thioether (sulfide) groups is 1. The Bertz CT molecular complexity index is 410. The fourth-order valence-electron chi connectivity index (χ4n) is 1.59. The SMILES string of the molecule is CC(C)Oc1cccc(C(=O)NCCSCCCO)c1. The molecular weight excluding hydrogens is 274 g/mol. The molecule has 1 rings (SSSR count). The minimum Gasteiger partial charge on any atom is -0.491 e. The molecule has 0 bridgehead atoms. The Morgan fingerprint density at radius 2 is 2.20 bits per heavy atom. The van der Waals surface area contributed by atoms with Crippen molar-refractivity contribution in [2.24, 2.45) is 0 Å². The van der Waals surface area contributed by atoms with Crippen LogP contribution < -0.4 is 10.1 Å². The van der Waals surface area contributed by atoms with Gasteiger partial charge >= 0.3 is 0 Å². The highest BCUT2D eigenvalue weighted by Gasteiger charge is 2.06. The molecule has 0 aliphatic rings. The van der Waals surface area contributed by atoms with Gasteiger partial charge in [-0.1, -0.05) is 6.07 Å². The van der Waals surface area contributed by atoms with Crippen LogP contribution in [0.4, 0.5) is 0 Å². The molecule has 1 aromatic carbocycles. The Labute approximate surface area is 124 Å². The molecule has 0 aliphatic carbocycles. The number of hydrogen-bond acceptors (Lipinski definition) is 4. The van der Waals surface area contributed by atoms with Gasteiger partial charge in [0.05, 0.1) is 6.10 Å². The summed E-state index contributed by atoms with van der Waals surface area (Å²) in [4.78, 5) is 12.0. The van der Waals surface area contributed by atoms with Crippen LogP contribution in [0.3, 0.4) is 0 Å². The lowest BCUT2D eigenvalue weighted by Crippen LogP contribution is -2.25. The number of carbonyl (C=O) groups is 1. The van der Waals surface area contributed by atoms with Crippen LogP contribution in [0.2, 0.25) is 0 Å². The largest absolute Gasteiger partial charge is 0.491 e. The van der Waals surface area contributed by atoms with Crippen LogP contribution in [0.25, 0.3) is 0 Å². The van der Waals surface area contributed by atoms with E-state index in [-0.39, 0.29) is 18.6 Å². The summed E-state index contributed by atoms with van der Waals surface area (Å²) in [5, 5.41) is 11.5. The van der Waals surface area contributed by atoms with Crippen molar-refractivity contribution >= 4 is 17.7 Å². The van der Waals surface area contributed by atoms with Gasteiger partial charge in [-0.25, -0.2) is 0 Å². The Hall–Kier alpha value is -1.20. The molecule has 0 spiro atoms. The van der Waals surface area contributed by atoms with Crippen molar-refractivity contribution in [2.45, 2.75) is 26.4 Å². The molecule has 0 aliphatic heterocycles. The smallest absolute Gasteiger partial charge is 0.251 e. The van der Waals surface area contributed by atoms with Gasteiger partial charge in [0.15, 0.2) is 0 Å². The number of amides is 1. The molecular formula is C15H23NO3S. The second kappa shape index (κ2) is 9.66. The van der Waals surface area contributed by atoms with Crippen LogP contribution in [0.1, 0.15) is 30.6 Å². The second-order valence-electron chi connectivity index (χ2n) is 4.64. The Kier molecular flexibility index (Phi) is 8.14. The predicted molar refractivity (Wildman–Crippen MR) is 83.6 cm³/mol. The van der Waals surface area contributed by atoms with Gasteiger partial charge in [0, 0.05) is 24.5 Å². The molecule has 0 saturated heterocycles. The first-order chi connectivity index (χ1) is 9.63. The van der Waals surface area contributed by atoms with Crippen LogP contribution in [0, 0.1) is 0 Å². The predicted octanol–water partition coefficient (Wildman–Crippen LogP) is 2.32. The van der Waals surface area contributed by atoms with Gasteiger partial charge in [0.2, 0.25) is 0 Å². The zero-order valence-corrected chi connectivity index (χ0v) is 12.9. The summed E-state index contributed by atoms with van der Waals surface area (Å²) >= 11 is 1.73. The summed E-state index contributed by atoms with van der Waals surface area (Å²) in [6.45, 7) is 4.76. The molecule has 0 radical (unpaired) electrons. The van der Waals surface area contributed by atoms with Crippen LogP contribution in [0.15, 0.2) is 24.3 Å².